The number of para-hydroxylation sites is 2. The van der Waals surface area contributed by atoms with Crippen LogP contribution in [0.15, 0.2) is 24.3 Å². The molecule has 4 heteroatoms. The van der Waals surface area contributed by atoms with Crippen molar-refractivity contribution in [2.75, 3.05) is 6.61 Å². The van der Waals surface area contributed by atoms with Crippen LogP contribution in [0.5, 0.6) is 11.5 Å². The van der Waals surface area contributed by atoms with Crippen LogP contribution < -0.4 is 9.47 Å². The molecule has 1 aliphatic rings. The van der Waals surface area contributed by atoms with E-state index in [2.05, 4.69) is 0 Å². The van der Waals surface area contributed by atoms with Crippen molar-refractivity contribution in [3.05, 3.63) is 24.3 Å². The summed E-state index contributed by atoms with van der Waals surface area (Å²) in [6.07, 6.45) is 0.342. The highest BCUT2D eigenvalue weighted by Gasteiger charge is 2.20. The Morgan fingerprint density at radius 2 is 2.15 bits per heavy atom. The topological polar surface area (TPSA) is 51.5 Å². The Morgan fingerprint density at radius 1 is 1.38 bits per heavy atom. The molecule has 68 valence electrons. The molecule has 1 N–H and O–H groups in total. The number of rotatable bonds is 2. The zero-order chi connectivity index (χ0) is 9.10. The maximum Gasteiger partial charge on any atom is 0.276 e. The molecule has 0 fully saturated rings. The Bertz CT molecular complexity index is 313. The fraction of sp³-hybridized carbons (Fsp3) is 0.222. The molecule has 2 rings (SSSR count). The zero-order valence-corrected chi connectivity index (χ0v) is 6.90. The molecule has 1 aromatic carbocycles. The third kappa shape index (κ3) is 1.56. The third-order valence-corrected chi connectivity index (χ3v) is 1.70. The van der Waals surface area contributed by atoms with Crippen LogP contribution in [0.3, 0.4) is 0 Å². The molecular weight excluding hydrogens is 170 g/mol. The van der Waals surface area contributed by atoms with Crippen molar-refractivity contribution in [3.63, 3.8) is 0 Å². The van der Waals surface area contributed by atoms with Gasteiger partial charge in [0.15, 0.2) is 24.5 Å². The molecule has 0 amide bonds. The van der Waals surface area contributed by atoms with Gasteiger partial charge in [-0.25, -0.2) is 0 Å². The first-order valence-electron chi connectivity index (χ1n) is 3.93. The minimum atomic E-state index is -0.507. The van der Waals surface area contributed by atoms with Crippen LogP contribution in [0.25, 0.3) is 0 Å². The molecule has 1 aliphatic heterocycles. The number of ether oxygens (including phenoxy) is 3. The standard InChI is InChI=1S/C9H9NO3/c10-6-12-9-5-11-7-3-1-2-4-8(7)13-9/h1-4,6,9-10H,5H2. The molecule has 0 saturated carbocycles. The lowest BCUT2D eigenvalue weighted by Gasteiger charge is -2.24. The predicted octanol–water partition coefficient (Wildman–Crippen LogP) is 1.41. The second-order valence-corrected chi connectivity index (χ2v) is 2.56. The highest BCUT2D eigenvalue weighted by atomic mass is 16.7. The van der Waals surface area contributed by atoms with Crippen molar-refractivity contribution in [1.82, 2.24) is 0 Å². The van der Waals surface area contributed by atoms with Crippen LogP contribution in [0.1, 0.15) is 0 Å². The normalized spacial score (nSPS) is 19.2. The first-order valence-corrected chi connectivity index (χ1v) is 3.93. The maximum absolute atomic E-state index is 6.74. The summed E-state index contributed by atoms with van der Waals surface area (Å²) in [4.78, 5) is 0. The van der Waals surface area contributed by atoms with E-state index in [9.17, 15) is 0 Å². The van der Waals surface area contributed by atoms with E-state index in [0.717, 1.165) is 6.40 Å². The number of hydrogen-bond donors (Lipinski definition) is 1. The monoisotopic (exact) mass is 179 g/mol. The van der Waals surface area contributed by atoms with E-state index in [1.165, 1.54) is 0 Å². The Balaban J connectivity index is 2.15. The highest BCUT2D eigenvalue weighted by molar-refractivity contribution is 5.43. The largest absolute Gasteiger partial charge is 0.482 e. The first-order chi connectivity index (χ1) is 6.40. The van der Waals surface area contributed by atoms with Crippen LogP contribution in [-0.2, 0) is 4.74 Å². The van der Waals surface area contributed by atoms with Gasteiger partial charge in [-0.2, -0.15) is 0 Å². The summed E-state index contributed by atoms with van der Waals surface area (Å²) in [6, 6.07) is 7.36. The van der Waals surface area contributed by atoms with Crippen LogP contribution in [0, 0.1) is 5.41 Å². The molecular formula is C9H9NO3. The lowest BCUT2D eigenvalue weighted by Crippen LogP contribution is -2.31. The second-order valence-electron chi connectivity index (χ2n) is 2.56. The summed E-state index contributed by atoms with van der Waals surface area (Å²) in [5.74, 6) is 1.37. The maximum atomic E-state index is 6.74. The summed E-state index contributed by atoms with van der Waals surface area (Å²) in [7, 11) is 0. The summed E-state index contributed by atoms with van der Waals surface area (Å²) in [5, 5.41) is 6.74. The van der Waals surface area contributed by atoms with Gasteiger partial charge in [0.1, 0.15) is 0 Å². The summed E-state index contributed by atoms with van der Waals surface area (Å²) >= 11 is 0. The Kier molecular flexibility index (Phi) is 2.04. The molecule has 0 spiro atoms. The van der Waals surface area contributed by atoms with Gasteiger partial charge in [-0.15, -0.1) is 0 Å². The van der Waals surface area contributed by atoms with Gasteiger partial charge in [-0.1, -0.05) is 12.1 Å². The fourth-order valence-electron chi connectivity index (χ4n) is 1.14. The average Bonchev–Trinajstić information content (AvgIpc) is 2.18. The van der Waals surface area contributed by atoms with E-state index in [0.29, 0.717) is 18.1 Å². The van der Waals surface area contributed by atoms with Crippen LogP contribution in [0.4, 0.5) is 0 Å². The Labute approximate surface area is 75.5 Å². The average molecular weight is 179 g/mol. The van der Waals surface area contributed by atoms with Crippen molar-refractivity contribution < 1.29 is 14.2 Å². The Hall–Kier alpha value is -1.71. The summed E-state index contributed by atoms with van der Waals surface area (Å²) < 4.78 is 15.5. The van der Waals surface area contributed by atoms with E-state index in [1.54, 1.807) is 6.07 Å². The number of benzene rings is 1. The third-order valence-electron chi connectivity index (χ3n) is 1.70. The van der Waals surface area contributed by atoms with Gasteiger partial charge in [-0.05, 0) is 12.1 Å². The quantitative estimate of drug-likeness (QED) is 0.551. The van der Waals surface area contributed by atoms with Crippen LogP contribution in [0.2, 0.25) is 0 Å². The molecule has 13 heavy (non-hydrogen) atoms. The van der Waals surface area contributed by atoms with Gasteiger partial charge < -0.3 is 14.2 Å². The number of hydrogen-bond acceptors (Lipinski definition) is 4. The molecule has 0 aliphatic carbocycles. The number of nitrogens with one attached hydrogen (secondary N) is 1. The second kappa shape index (κ2) is 3.35. The molecule has 0 radical (unpaired) electrons. The lowest BCUT2D eigenvalue weighted by atomic mass is 10.3. The van der Waals surface area contributed by atoms with Crippen molar-refractivity contribution in [2.45, 2.75) is 6.29 Å². The summed E-state index contributed by atoms with van der Waals surface area (Å²) in [5.41, 5.74) is 0. The minimum Gasteiger partial charge on any atom is -0.482 e. The fourth-order valence-corrected chi connectivity index (χ4v) is 1.14. The lowest BCUT2D eigenvalue weighted by molar-refractivity contribution is -0.0528. The van der Waals surface area contributed by atoms with Gasteiger partial charge in [0, 0.05) is 0 Å². The molecule has 1 atom stereocenters. The van der Waals surface area contributed by atoms with Gasteiger partial charge in [0.2, 0.25) is 0 Å². The van der Waals surface area contributed by atoms with Crippen LogP contribution >= 0.6 is 0 Å². The van der Waals surface area contributed by atoms with Crippen molar-refractivity contribution >= 4 is 6.40 Å². The molecule has 4 nitrogen and oxygen atoms in total. The van der Waals surface area contributed by atoms with Gasteiger partial charge in [0.25, 0.3) is 6.29 Å². The zero-order valence-electron chi connectivity index (χ0n) is 6.90. The van der Waals surface area contributed by atoms with E-state index in [-0.39, 0.29) is 0 Å². The first kappa shape index (κ1) is 7.91. The van der Waals surface area contributed by atoms with E-state index in [4.69, 9.17) is 19.6 Å². The van der Waals surface area contributed by atoms with E-state index in [1.807, 2.05) is 18.2 Å². The molecule has 1 heterocycles. The number of fused-ring (bicyclic) bond motifs is 1. The van der Waals surface area contributed by atoms with Gasteiger partial charge in [-0.3, -0.25) is 5.41 Å². The summed E-state index contributed by atoms with van der Waals surface area (Å²) in [6.45, 7) is 0.312. The minimum absolute atomic E-state index is 0.312. The van der Waals surface area contributed by atoms with Gasteiger partial charge >= 0.3 is 0 Å². The predicted molar refractivity (Wildman–Crippen MR) is 46.2 cm³/mol. The van der Waals surface area contributed by atoms with Crippen molar-refractivity contribution in [3.8, 4) is 11.5 Å². The molecule has 1 aromatic rings. The van der Waals surface area contributed by atoms with E-state index < -0.39 is 6.29 Å². The molecule has 0 bridgehead atoms. The van der Waals surface area contributed by atoms with Crippen molar-refractivity contribution in [1.29, 1.82) is 5.41 Å². The van der Waals surface area contributed by atoms with Crippen molar-refractivity contribution in [2.24, 2.45) is 0 Å². The smallest absolute Gasteiger partial charge is 0.276 e. The molecule has 0 saturated heterocycles. The SMILES string of the molecule is N=COC1COc2ccccc2O1. The Morgan fingerprint density at radius 3 is 2.92 bits per heavy atom. The van der Waals surface area contributed by atoms with Crippen LogP contribution in [-0.4, -0.2) is 19.3 Å². The highest BCUT2D eigenvalue weighted by Crippen LogP contribution is 2.30. The van der Waals surface area contributed by atoms with Gasteiger partial charge in [0.05, 0.1) is 0 Å². The molecule has 0 aromatic heterocycles. The van der Waals surface area contributed by atoms with E-state index >= 15 is 0 Å². The molecule has 1 unspecified atom stereocenters.